The number of rotatable bonds is 7. The molecule has 0 aliphatic heterocycles. The maximum Gasteiger partial charge on any atom is 0.469 e. The van der Waals surface area contributed by atoms with Crippen LogP contribution in [0.3, 0.4) is 0 Å². The first-order valence-corrected chi connectivity index (χ1v) is 7.32. The zero-order valence-electron chi connectivity index (χ0n) is 11.1. The Kier molecular flexibility index (Phi) is 6.09. The second kappa shape index (κ2) is 7.35. The molecule has 0 bridgehead atoms. The maximum atomic E-state index is 10.6. The van der Waals surface area contributed by atoms with Gasteiger partial charge in [0.1, 0.15) is 6.04 Å². The zero-order valence-corrected chi connectivity index (χ0v) is 12.0. The zero-order chi connectivity index (χ0) is 15.2. The standard InChI is InChI=1S/C11H16N3O5P/c1-8(9(2)14-15)13-6-11-5-10(3-4-12-11)7-19-20(16,17)18/h3-5,9H,6-7H2,1-2H3,(H2,16,17,18). The Balaban J connectivity index is 2.69. The van der Waals surface area contributed by atoms with Gasteiger partial charge in [-0.15, -0.1) is 0 Å². The minimum absolute atomic E-state index is 0.214. The molecule has 2 N–H and O–H groups in total. The number of hydrogen-bond donors (Lipinski definition) is 2. The molecular weight excluding hydrogens is 285 g/mol. The van der Waals surface area contributed by atoms with Crippen molar-refractivity contribution in [1.82, 2.24) is 4.98 Å². The van der Waals surface area contributed by atoms with E-state index in [0.29, 0.717) is 17.0 Å². The molecule has 0 amide bonds. The van der Waals surface area contributed by atoms with E-state index in [2.05, 4.69) is 19.7 Å². The van der Waals surface area contributed by atoms with Gasteiger partial charge in [0.05, 0.1) is 18.8 Å². The molecule has 1 rings (SSSR count). The summed E-state index contributed by atoms with van der Waals surface area (Å²) in [4.78, 5) is 35.9. The first kappa shape index (κ1) is 16.6. The van der Waals surface area contributed by atoms with Crippen LogP contribution in [0.25, 0.3) is 0 Å². The quantitative estimate of drug-likeness (QED) is 0.450. The van der Waals surface area contributed by atoms with Crippen LogP contribution in [0.5, 0.6) is 0 Å². The van der Waals surface area contributed by atoms with Gasteiger partial charge < -0.3 is 9.79 Å². The molecular formula is C11H16N3O5P. The smallest absolute Gasteiger partial charge is 0.303 e. The monoisotopic (exact) mass is 301 g/mol. The minimum atomic E-state index is -4.49. The number of phosphoric acid groups is 1. The molecule has 0 radical (unpaired) electrons. The Morgan fingerprint density at radius 1 is 1.55 bits per heavy atom. The molecule has 1 aromatic rings. The molecule has 110 valence electrons. The first-order chi connectivity index (χ1) is 9.31. The lowest BCUT2D eigenvalue weighted by Gasteiger charge is -2.06. The van der Waals surface area contributed by atoms with Crippen LogP contribution >= 0.6 is 7.82 Å². The highest BCUT2D eigenvalue weighted by atomic mass is 31.2. The van der Waals surface area contributed by atoms with Crippen molar-refractivity contribution in [1.29, 1.82) is 0 Å². The number of aromatic nitrogens is 1. The molecule has 0 fully saturated rings. The van der Waals surface area contributed by atoms with Gasteiger partial charge in [-0.1, -0.05) is 5.18 Å². The van der Waals surface area contributed by atoms with Crippen molar-refractivity contribution in [3.05, 3.63) is 34.5 Å². The number of aliphatic imine (C=N–C) groups is 1. The van der Waals surface area contributed by atoms with Gasteiger partial charge in [0, 0.05) is 11.9 Å². The number of phosphoric ester groups is 1. The highest BCUT2D eigenvalue weighted by Crippen LogP contribution is 2.36. The van der Waals surface area contributed by atoms with Crippen LogP contribution in [-0.4, -0.2) is 26.5 Å². The molecule has 1 heterocycles. The molecule has 0 saturated carbocycles. The van der Waals surface area contributed by atoms with Gasteiger partial charge >= 0.3 is 7.82 Å². The van der Waals surface area contributed by atoms with Crippen LogP contribution in [0.2, 0.25) is 0 Å². The third-order valence-electron chi connectivity index (χ3n) is 2.53. The van der Waals surface area contributed by atoms with E-state index in [0.717, 1.165) is 0 Å². The number of nitroso groups, excluding NO2 is 1. The molecule has 20 heavy (non-hydrogen) atoms. The average Bonchev–Trinajstić information content (AvgIpc) is 2.41. The van der Waals surface area contributed by atoms with Crippen molar-refractivity contribution in [2.45, 2.75) is 33.0 Å². The molecule has 1 atom stereocenters. The van der Waals surface area contributed by atoms with Crippen LogP contribution in [0.4, 0.5) is 0 Å². The van der Waals surface area contributed by atoms with Gasteiger partial charge in [0.2, 0.25) is 0 Å². The summed E-state index contributed by atoms with van der Waals surface area (Å²) in [6.45, 7) is 3.39. The van der Waals surface area contributed by atoms with Gasteiger partial charge in [-0.2, -0.15) is 4.91 Å². The van der Waals surface area contributed by atoms with E-state index in [1.165, 1.54) is 6.20 Å². The van der Waals surface area contributed by atoms with Crippen LogP contribution in [-0.2, 0) is 22.2 Å². The SMILES string of the molecule is CC(=NCc1cc(COP(=O)(O)O)ccn1)C(C)N=O. The number of nitrogens with zero attached hydrogens (tertiary/aromatic N) is 3. The van der Waals surface area contributed by atoms with Gasteiger partial charge in [0.25, 0.3) is 0 Å². The maximum absolute atomic E-state index is 10.6. The van der Waals surface area contributed by atoms with E-state index in [4.69, 9.17) is 9.79 Å². The second-order valence-corrected chi connectivity index (χ2v) is 5.40. The Morgan fingerprint density at radius 3 is 2.85 bits per heavy atom. The van der Waals surface area contributed by atoms with Crippen molar-refractivity contribution in [3.8, 4) is 0 Å². The van der Waals surface area contributed by atoms with Gasteiger partial charge in [-0.25, -0.2) is 4.57 Å². The number of hydrogen-bond acceptors (Lipinski definition) is 6. The topological polar surface area (TPSA) is 121 Å². The lowest BCUT2D eigenvalue weighted by Crippen LogP contribution is -2.10. The van der Waals surface area contributed by atoms with Crippen molar-refractivity contribution in [3.63, 3.8) is 0 Å². The van der Waals surface area contributed by atoms with E-state index in [-0.39, 0.29) is 13.2 Å². The number of pyridine rings is 1. The molecule has 0 aromatic carbocycles. The van der Waals surface area contributed by atoms with Gasteiger partial charge in [-0.3, -0.25) is 14.5 Å². The van der Waals surface area contributed by atoms with Crippen LogP contribution in [0.15, 0.2) is 28.5 Å². The molecule has 8 nitrogen and oxygen atoms in total. The summed E-state index contributed by atoms with van der Waals surface area (Å²) in [5.74, 6) is 0. The molecule has 0 aliphatic carbocycles. The second-order valence-electron chi connectivity index (χ2n) is 4.16. The summed E-state index contributed by atoms with van der Waals surface area (Å²) in [6, 6.07) is 2.73. The molecule has 9 heteroatoms. The van der Waals surface area contributed by atoms with Crippen molar-refractivity contribution < 1.29 is 18.9 Å². The Labute approximate surface area is 116 Å². The molecule has 0 spiro atoms. The Bertz CT molecular complexity index is 543. The normalized spacial score (nSPS) is 14.1. The molecule has 1 aromatic heterocycles. The summed E-state index contributed by atoms with van der Waals surface area (Å²) >= 11 is 0. The lowest BCUT2D eigenvalue weighted by atomic mass is 10.2. The first-order valence-electron chi connectivity index (χ1n) is 5.79. The highest BCUT2D eigenvalue weighted by Gasteiger charge is 2.13. The Morgan fingerprint density at radius 2 is 2.25 bits per heavy atom. The predicted molar refractivity (Wildman–Crippen MR) is 73.1 cm³/mol. The van der Waals surface area contributed by atoms with Crippen LogP contribution in [0.1, 0.15) is 25.1 Å². The largest absolute Gasteiger partial charge is 0.469 e. The molecule has 0 saturated heterocycles. The highest BCUT2D eigenvalue weighted by molar-refractivity contribution is 7.46. The van der Waals surface area contributed by atoms with E-state index in [9.17, 15) is 9.47 Å². The van der Waals surface area contributed by atoms with Gasteiger partial charge in [0.15, 0.2) is 0 Å². The molecule has 0 aliphatic rings. The van der Waals surface area contributed by atoms with Crippen LogP contribution in [0, 0.1) is 4.91 Å². The predicted octanol–water partition coefficient (Wildman–Crippen LogP) is 1.81. The van der Waals surface area contributed by atoms with Gasteiger partial charge in [-0.05, 0) is 31.5 Å². The van der Waals surface area contributed by atoms with Crippen LogP contribution < -0.4 is 0 Å². The lowest BCUT2D eigenvalue weighted by molar-refractivity contribution is 0.189. The van der Waals surface area contributed by atoms with E-state index in [1.807, 2.05) is 0 Å². The van der Waals surface area contributed by atoms with E-state index < -0.39 is 13.9 Å². The fourth-order valence-electron chi connectivity index (χ4n) is 1.28. The summed E-state index contributed by atoms with van der Waals surface area (Å²) in [7, 11) is -4.49. The average molecular weight is 301 g/mol. The van der Waals surface area contributed by atoms with Crippen molar-refractivity contribution in [2.75, 3.05) is 0 Å². The van der Waals surface area contributed by atoms with Crippen molar-refractivity contribution in [2.24, 2.45) is 10.2 Å². The summed E-state index contributed by atoms with van der Waals surface area (Å²) in [6.07, 6.45) is 1.50. The summed E-state index contributed by atoms with van der Waals surface area (Å²) in [5, 5.41) is 2.87. The van der Waals surface area contributed by atoms with E-state index in [1.54, 1.807) is 26.0 Å². The summed E-state index contributed by atoms with van der Waals surface area (Å²) in [5.41, 5.74) is 1.78. The fraction of sp³-hybridized carbons (Fsp3) is 0.455. The third-order valence-corrected chi connectivity index (χ3v) is 3.00. The van der Waals surface area contributed by atoms with E-state index >= 15 is 0 Å². The fourth-order valence-corrected chi connectivity index (χ4v) is 1.59. The minimum Gasteiger partial charge on any atom is -0.303 e. The Hall–Kier alpha value is -1.47. The molecule has 1 unspecified atom stereocenters. The summed E-state index contributed by atoms with van der Waals surface area (Å²) < 4.78 is 15.0. The van der Waals surface area contributed by atoms with Crippen molar-refractivity contribution >= 4 is 13.5 Å². The third kappa shape index (κ3) is 6.12.